The summed E-state index contributed by atoms with van der Waals surface area (Å²) in [6.45, 7) is 2.79. The van der Waals surface area contributed by atoms with Crippen molar-refractivity contribution in [1.82, 2.24) is 10.6 Å². The monoisotopic (exact) mass is 290 g/mol. The van der Waals surface area contributed by atoms with Crippen LogP contribution in [0.4, 0.5) is 4.39 Å². The number of aliphatic hydroxyl groups excluding tert-OH is 1. The topological polar surface area (TPSA) is 53.5 Å². The van der Waals surface area contributed by atoms with Gasteiger partial charge in [-0.2, -0.15) is 0 Å². The minimum Gasteiger partial charge on any atom is -0.494 e. The molecule has 0 spiro atoms. The molecule has 4 nitrogen and oxygen atoms in total. The molecule has 1 aromatic carbocycles. The highest BCUT2D eigenvalue weighted by atomic mass is 35.5. The summed E-state index contributed by atoms with van der Waals surface area (Å²) in [4.78, 5) is 0. The van der Waals surface area contributed by atoms with E-state index in [0.717, 1.165) is 18.7 Å². The lowest BCUT2D eigenvalue weighted by Crippen LogP contribution is -2.30. The van der Waals surface area contributed by atoms with Crippen LogP contribution in [0.25, 0.3) is 0 Å². The van der Waals surface area contributed by atoms with Crippen LogP contribution in [0.3, 0.4) is 0 Å². The second kappa shape index (κ2) is 7.65. The molecule has 1 saturated heterocycles. The fourth-order valence-corrected chi connectivity index (χ4v) is 2.15. The van der Waals surface area contributed by atoms with Gasteiger partial charge < -0.3 is 20.5 Å². The molecule has 3 N–H and O–H groups in total. The lowest BCUT2D eigenvalue weighted by Gasteiger charge is -2.14. The highest BCUT2D eigenvalue weighted by Crippen LogP contribution is 2.17. The zero-order valence-corrected chi connectivity index (χ0v) is 11.7. The van der Waals surface area contributed by atoms with Gasteiger partial charge in [-0.1, -0.05) is 6.07 Å². The number of nitrogens with one attached hydrogen (secondary N) is 2. The summed E-state index contributed by atoms with van der Waals surface area (Å²) in [5.74, 6) is 0.140. The van der Waals surface area contributed by atoms with Crippen LogP contribution in [0.1, 0.15) is 5.56 Å². The lowest BCUT2D eigenvalue weighted by molar-refractivity contribution is 0.146. The van der Waals surface area contributed by atoms with Crippen LogP contribution in [0.15, 0.2) is 18.2 Å². The van der Waals surface area contributed by atoms with Crippen molar-refractivity contribution in [3.63, 3.8) is 0 Å². The fraction of sp³-hybridized carbons (Fsp3) is 0.538. The number of β-amino-alcohol motifs (C(OH)–C–C–N with tert-alkyl or cyclic N) is 1. The van der Waals surface area contributed by atoms with Crippen LogP contribution < -0.4 is 15.4 Å². The molecule has 1 aliphatic heterocycles. The molecule has 0 aliphatic carbocycles. The molecule has 1 fully saturated rings. The maximum atomic E-state index is 13.4. The van der Waals surface area contributed by atoms with E-state index in [0.29, 0.717) is 13.1 Å². The summed E-state index contributed by atoms with van der Waals surface area (Å²) in [6.07, 6.45) is -0.287. The van der Waals surface area contributed by atoms with E-state index < -0.39 is 0 Å². The van der Waals surface area contributed by atoms with Crippen molar-refractivity contribution in [3.05, 3.63) is 29.6 Å². The standard InChI is InChI=1S/C13H19FN2O2.ClH/c1-18-13-3-2-9(4-11(13)14)5-15-6-10-7-16-8-12(10)17;/h2-4,10,12,15-17H,5-8H2,1H3;1H. The third kappa shape index (κ3) is 4.31. The molecule has 0 amide bonds. The third-order valence-corrected chi connectivity index (χ3v) is 3.26. The molecule has 1 aliphatic rings. The van der Waals surface area contributed by atoms with Crippen molar-refractivity contribution in [2.75, 3.05) is 26.7 Å². The summed E-state index contributed by atoms with van der Waals surface area (Å²) in [6, 6.07) is 4.92. The molecule has 0 saturated carbocycles. The first-order chi connectivity index (χ1) is 8.70. The Morgan fingerprint density at radius 2 is 2.26 bits per heavy atom. The van der Waals surface area contributed by atoms with Crippen LogP contribution >= 0.6 is 12.4 Å². The Morgan fingerprint density at radius 1 is 1.47 bits per heavy atom. The van der Waals surface area contributed by atoms with E-state index in [2.05, 4.69) is 10.6 Å². The molecule has 0 aromatic heterocycles. The lowest BCUT2D eigenvalue weighted by atomic mass is 10.1. The molecule has 6 heteroatoms. The first-order valence-corrected chi connectivity index (χ1v) is 6.12. The highest BCUT2D eigenvalue weighted by molar-refractivity contribution is 5.85. The molecule has 2 rings (SSSR count). The van der Waals surface area contributed by atoms with Gasteiger partial charge in [0.1, 0.15) is 0 Å². The summed E-state index contributed by atoms with van der Waals surface area (Å²) in [5.41, 5.74) is 0.869. The maximum Gasteiger partial charge on any atom is 0.165 e. The van der Waals surface area contributed by atoms with Gasteiger partial charge in [-0.15, -0.1) is 12.4 Å². The van der Waals surface area contributed by atoms with E-state index in [1.165, 1.54) is 13.2 Å². The molecule has 2 unspecified atom stereocenters. The van der Waals surface area contributed by atoms with Crippen molar-refractivity contribution in [2.45, 2.75) is 12.6 Å². The van der Waals surface area contributed by atoms with Crippen molar-refractivity contribution >= 4 is 12.4 Å². The Labute approximate surface area is 118 Å². The summed E-state index contributed by atoms with van der Waals surface area (Å²) >= 11 is 0. The van der Waals surface area contributed by atoms with Crippen LogP contribution in [0.2, 0.25) is 0 Å². The molecule has 0 radical (unpaired) electrons. The number of benzene rings is 1. The Balaban J connectivity index is 0.00000180. The Bertz CT molecular complexity index is 406. The molecule has 1 heterocycles. The molecule has 19 heavy (non-hydrogen) atoms. The van der Waals surface area contributed by atoms with E-state index in [9.17, 15) is 9.50 Å². The summed E-state index contributed by atoms with van der Waals surface area (Å²) in [5, 5.41) is 16.0. The largest absolute Gasteiger partial charge is 0.494 e. The van der Waals surface area contributed by atoms with Gasteiger partial charge in [0.05, 0.1) is 13.2 Å². The van der Waals surface area contributed by atoms with Crippen LogP contribution in [-0.4, -0.2) is 38.0 Å². The fourth-order valence-electron chi connectivity index (χ4n) is 2.15. The van der Waals surface area contributed by atoms with Gasteiger partial charge in [-0.3, -0.25) is 0 Å². The Hall–Kier alpha value is -0.880. The van der Waals surface area contributed by atoms with Crippen molar-refractivity contribution in [1.29, 1.82) is 0 Å². The van der Waals surface area contributed by atoms with Gasteiger partial charge in [0.2, 0.25) is 0 Å². The third-order valence-electron chi connectivity index (χ3n) is 3.26. The smallest absolute Gasteiger partial charge is 0.165 e. The normalized spacial score (nSPS) is 22.1. The van der Waals surface area contributed by atoms with Crippen molar-refractivity contribution in [3.8, 4) is 5.75 Å². The maximum absolute atomic E-state index is 13.4. The van der Waals surface area contributed by atoms with E-state index in [4.69, 9.17) is 4.74 Å². The average Bonchev–Trinajstić information content (AvgIpc) is 2.75. The number of halogens is 2. The number of hydrogen-bond donors (Lipinski definition) is 3. The molecule has 0 bridgehead atoms. The number of aliphatic hydroxyl groups is 1. The number of hydrogen-bond acceptors (Lipinski definition) is 4. The van der Waals surface area contributed by atoms with Crippen LogP contribution in [-0.2, 0) is 6.54 Å². The molecular weight excluding hydrogens is 271 g/mol. The van der Waals surface area contributed by atoms with Gasteiger partial charge in [-0.05, 0) is 17.7 Å². The van der Waals surface area contributed by atoms with E-state index in [-0.39, 0.29) is 36.0 Å². The first-order valence-electron chi connectivity index (χ1n) is 6.12. The van der Waals surface area contributed by atoms with E-state index >= 15 is 0 Å². The van der Waals surface area contributed by atoms with Crippen LogP contribution in [0, 0.1) is 11.7 Å². The average molecular weight is 291 g/mol. The molecule has 108 valence electrons. The van der Waals surface area contributed by atoms with Gasteiger partial charge >= 0.3 is 0 Å². The van der Waals surface area contributed by atoms with Crippen molar-refractivity contribution < 1.29 is 14.2 Å². The molecular formula is C13H20ClFN2O2. The Kier molecular flexibility index (Phi) is 6.51. The highest BCUT2D eigenvalue weighted by Gasteiger charge is 2.23. The number of methoxy groups -OCH3 is 1. The Morgan fingerprint density at radius 3 is 2.84 bits per heavy atom. The first kappa shape index (κ1) is 16.2. The predicted octanol–water partition coefficient (Wildman–Crippen LogP) is 0.926. The second-order valence-corrected chi connectivity index (χ2v) is 4.59. The van der Waals surface area contributed by atoms with Gasteiger partial charge in [-0.25, -0.2) is 4.39 Å². The van der Waals surface area contributed by atoms with E-state index in [1.807, 2.05) is 6.07 Å². The SMILES string of the molecule is COc1ccc(CNCC2CNCC2O)cc1F.Cl. The summed E-state index contributed by atoms with van der Waals surface area (Å²) < 4.78 is 18.3. The van der Waals surface area contributed by atoms with Gasteiger partial charge in [0.15, 0.2) is 11.6 Å². The number of rotatable bonds is 5. The number of ether oxygens (including phenoxy) is 1. The second-order valence-electron chi connectivity index (χ2n) is 4.59. The minimum atomic E-state index is -0.348. The van der Waals surface area contributed by atoms with Crippen molar-refractivity contribution in [2.24, 2.45) is 5.92 Å². The predicted molar refractivity (Wildman–Crippen MR) is 74.3 cm³/mol. The minimum absolute atomic E-state index is 0. The molecule has 1 aromatic rings. The zero-order chi connectivity index (χ0) is 13.0. The van der Waals surface area contributed by atoms with E-state index in [1.54, 1.807) is 6.07 Å². The van der Waals surface area contributed by atoms with Crippen LogP contribution in [0.5, 0.6) is 5.75 Å². The summed E-state index contributed by atoms with van der Waals surface area (Å²) in [7, 11) is 1.45. The zero-order valence-electron chi connectivity index (χ0n) is 10.9. The quantitative estimate of drug-likeness (QED) is 0.755. The molecule has 2 atom stereocenters. The van der Waals surface area contributed by atoms with Gasteiger partial charge in [0, 0.05) is 32.1 Å². The van der Waals surface area contributed by atoms with Gasteiger partial charge in [0.25, 0.3) is 0 Å².